The van der Waals surface area contributed by atoms with Gasteiger partial charge in [-0.05, 0) is 68.1 Å². The highest BCUT2D eigenvalue weighted by atomic mass is 16.3. The number of rotatable bonds is 3. The van der Waals surface area contributed by atoms with Crippen molar-refractivity contribution in [3.63, 3.8) is 0 Å². The van der Waals surface area contributed by atoms with Gasteiger partial charge in [-0.15, -0.1) is 0 Å². The van der Waals surface area contributed by atoms with Gasteiger partial charge in [-0.2, -0.15) is 0 Å². The molecule has 0 atom stereocenters. The van der Waals surface area contributed by atoms with Crippen LogP contribution in [0.3, 0.4) is 0 Å². The Morgan fingerprint density at radius 2 is 1.00 bits per heavy atom. The molecule has 10 rings (SSSR count). The first-order chi connectivity index (χ1) is 23.2. The highest BCUT2D eigenvalue weighted by molar-refractivity contribution is 6.27. The van der Waals surface area contributed by atoms with E-state index < -0.39 is 0 Å². The third kappa shape index (κ3) is 3.85. The summed E-state index contributed by atoms with van der Waals surface area (Å²) >= 11 is 0. The molecular formula is C45H29NO. The van der Waals surface area contributed by atoms with E-state index in [4.69, 9.17) is 4.42 Å². The Kier molecular flexibility index (Phi) is 5.53. The zero-order valence-corrected chi connectivity index (χ0v) is 25.9. The van der Waals surface area contributed by atoms with Crippen LogP contribution in [-0.4, -0.2) is 4.57 Å². The second-order valence-corrected chi connectivity index (χ2v) is 12.5. The number of furan rings is 1. The van der Waals surface area contributed by atoms with E-state index >= 15 is 0 Å². The summed E-state index contributed by atoms with van der Waals surface area (Å²) in [4.78, 5) is 0. The molecule has 0 aliphatic rings. The summed E-state index contributed by atoms with van der Waals surface area (Å²) in [5, 5.41) is 9.76. The van der Waals surface area contributed by atoms with Crippen LogP contribution in [-0.2, 0) is 7.05 Å². The van der Waals surface area contributed by atoms with E-state index in [-0.39, 0.29) is 0 Å². The van der Waals surface area contributed by atoms with Crippen LogP contribution in [0.2, 0.25) is 0 Å². The van der Waals surface area contributed by atoms with Crippen molar-refractivity contribution in [1.82, 2.24) is 4.57 Å². The highest BCUT2D eigenvalue weighted by Gasteiger charge is 2.23. The smallest absolute Gasteiger partial charge is 0.144 e. The minimum Gasteiger partial charge on any atom is -0.455 e. The maximum Gasteiger partial charge on any atom is 0.144 e. The molecule has 0 saturated carbocycles. The number of hydrogen-bond donors (Lipinski definition) is 0. The Morgan fingerprint density at radius 3 is 1.83 bits per heavy atom. The normalized spacial score (nSPS) is 11.9. The molecule has 0 aliphatic heterocycles. The number of fused-ring (bicyclic) bond motifs is 8. The van der Waals surface area contributed by atoms with Gasteiger partial charge in [-0.25, -0.2) is 0 Å². The molecule has 0 aliphatic carbocycles. The largest absolute Gasteiger partial charge is 0.455 e. The van der Waals surface area contributed by atoms with Crippen LogP contribution in [0, 0.1) is 0 Å². The minimum absolute atomic E-state index is 0.902. The zero-order chi connectivity index (χ0) is 31.1. The second-order valence-electron chi connectivity index (χ2n) is 12.5. The lowest BCUT2D eigenvalue weighted by molar-refractivity contribution is 0.670. The Bertz CT molecular complexity index is 2850. The Balaban J connectivity index is 1.24. The second kappa shape index (κ2) is 9.94. The number of hydrogen-bond acceptors (Lipinski definition) is 1. The van der Waals surface area contributed by atoms with Gasteiger partial charge in [0.15, 0.2) is 0 Å². The maximum atomic E-state index is 6.83. The van der Waals surface area contributed by atoms with E-state index in [1.807, 2.05) is 0 Å². The van der Waals surface area contributed by atoms with Crippen molar-refractivity contribution < 1.29 is 4.42 Å². The first-order valence-corrected chi connectivity index (χ1v) is 16.2. The van der Waals surface area contributed by atoms with Gasteiger partial charge >= 0.3 is 0 Å². The molecule has 2 heteroatoms. The van der Waals surface area contributed by atoms with Gasteiger partial charge in [0.1, 0.15) is 11.2 Å². The number of benzene rings is 8. The van der Waals surface area contributed by atoms with Crippen molar-refractivity contribution in [3.8, 4) is 33.4 Å². The van der Waals surface area contributed by atoms with Gasteiger partial charge in [-0.1, -0.05) is 133 Å². The standard InChI is InChI=1S/C45H29NO/c1-46-39-16-8-6-12-34(39)35-25-24-33(27-40(35)46)42-36-13-4-5-14-37(36)43(45-44(42)38-15-7-9-17-41(38)47-45)30-21-18-29(19-22-30)32-23-20-28-10-2-3-11-31(28)26-32/h2-27H,1H3. The molecule has 2 nitrogen and oxygen atoms in total. The molecule has 2 aromatic heterocycles. The van der Waals surface area contributed by atoms with Gasteiger partial charge in [0.2, 0.25) is 0 Å². The van der Waals surface area contributed by atoms with Crippen molar-refractivity contribution >= 4 is 65.3 Å². The van der Waals surface area contributed by atoms with Crippen LogP contribution in [0.1, 0.15) is 0 Å². The molecule has 0 saturated heterocycles. The molecule has 47 heavy (non-hydrogen) atoms. The first-order valence-electron chi connectivity index (χ1n) is 16.2. The van der Waals surface area contributed by atoms with E-state index in [1.54, 1.807) is 0 Å². The van der Waals surface area contributed by atoms with Crippen LogP contribution in [0.25, 0.3) is 98.7 Å². The number of para-hydroxylation sites is 2. The third-order valence-electron chi connectivity index (χ3n) is 10.00. The fourth-order valence-corrected chi connectivity index (χ4v) is 7.75. The van der Waals surface area contributed by atoms with Crippen LogP contribution >= 0.6 is 0 Å². The van der Waals surface area contributed by atoms with Crippen molar-refractivity contribution in [2.24, 2.45) is 7.05 Å². The lowest BCUT2D eigenvalue weighted by Gasteiger charge is -2.15. The summed E-state index contributed by atoms with van der Waals surface area (Å²) in [7, 11) is 2.17. The van der Waals surface area contributed by atoms with Gasteiger partial charge < -0.3 is 8.98 Å². The molecule has 0 amide bonds. The quantitative estimate of drug-likeness (QED) is 0.198. The highest BCUT2D eigenvalue weighted by Crippen LogP contribution is 2.48. The summed E-state index contributed by atoms with van der Waals surface area (Å²) in [5.41, 5.74) is 11.4. The Labute approximate surface area is 271 Å². The fourth-order valence-electron chi connectivity index (χ4n) is 7.75. The van der Waals surface area contributed by atoms with Crippen molar-refractivity contribution in [3.05, 3.63) is 158 Å². The Morgan fingerprint density at radius 1 is 0.404 bits per heavy atom. The molecule has 10 aromatic rings. The summed E-state index contributed by atoms with van der Waals surface area (Å²) in [6.45, 7) is 0. The van der Waals surface area contributed by atoms with Gasteiger partial charge in [0.25, 0.3) is 0 Å². The molecule has 0 unspecified atom stereocenters. The predicted octanol–water partition coefficient (Wildman–Crippen LogP) is 12.5. The average Bonchev–Trinajstić information content (AvgIpc) is 3.65. The minimum atomic E-state index is 0.902. The summed E-state index contributed by atoms with van der Waals surface area (Å²) < 4.78 is 9.14. The fraction of sp³-hybridized carbons (Fsp3) is 0.0222. The molecule has 0 fully saturated rings. The van der Waals surface area contributed by atoms with E-state index in [0.29, 0.717) is 0 Å². The van der Waals surface area contributed by atoms with E-state index in [2.05, 4.69) is 169 Å². The average molecular weight is 600 g/mol. The molecule has 8 aromatic carbocycles. The molecule has 0 N–H and O–H groups in total. The molecule has 0 bridgehead atoms. The van der Waals surface area contributed by atoms with Gasteiger partial charge in [0.05, 0.1) is 0 Å². The van der Waals surface area contributed by atoms with E-state index in [1.165, 1.54) is 65.6 Å². The van der Waals surface area contributed by atoms with E-state index in [9.17, 15) is 0 Å². The van der Waals surface area contributed by atoms with Crippen molar-refractivity contribution in [1.29, 1.82) is 0 Å². The lowest BCUT2D eigenvalue weighted by atomic mass is 9.87. The lowest BCUT2D eigenvalue weighted by Crippen LogP contribution is -1.91. The number of aromatic nitrogens is 1. The van der Waals surface area contributed by atoms with E-state index in [0.717, 1.165) is 33.1 Å². The molecular weight excluding hydrogens is 571 g/mol. The summed E-state index contributed by atoms with van der Waals surface area (Å²) in [5.74, 6) is 0. The molecule has 0 spiro atoms. The monoisotopic (exact) mass is 599 g/mol. The first kappa shape index (κ1) is 26.1. The predicted molar refractivity (Wildman–Crippen MR) is 199 cm³/mol. The van der Waals surface area contributed by atoms with Crippen LogP contribution in [0.4, 0.5) is 0 Å². The zero-order valence-electron chi connectivity index (χ0n) is 25.9. The van der Waals surface area contributed by atoms with Gasteiger partial charge in [-0.3, -0.25) is 0 Å². The summed E-state index contributed by atoms with van der Waals surface area (Å²) in [6, 6.07) is 57.1. The molecule has 0 radical (unpaired) electrons. The molecule has 2 heterocycles. The Hall–Kier alpha value is -6.12. The molecule has 220 valence electrons. The SMILES string of the molecule is Cn1c2ccccc2c2ccc(-c3c4ccccc4c(-c4ccc(-c5ccc6ccccc6c5)cc4)c4oc5ccccc5c34)cc21. The topological polar surface area (TPSA) is 18.1 Å². The van der Waals surface area contributed by atoms with Crippen molar-refractivity contribution in [2.45, 2.75) is 0 Å². The van der Waals surface area contributed by atoms with Gasteiger partial charge in [0, 0.05) is 50.8 Å². The number of aryl methyl sites for hydroxylation is 1. The maximum absolute atomic E-state index is 6.83. The van der Waals surface area contributed by atoms with Crippen LogP contribution < -0.4 is 0 Å². The van der Waals surface area contributed by atoms with Crippen molar-refractivity contribution in [2.75, 3.05) is 0 Å². The third-order valence-corrected chi connectivity index (χ3v) is 10.00. The van der Waals surface area contributed by atoms with Crippen LogP contribution in [0.5, 0.6) is 0 Å². The van der Waals surface area contributed by atoms with Crippen LogP contribution in [0.15, 0.2) is 162 Å². The number of nitrogens with zero attached hydrogens (tertiary/aromatic N) is 1. The summed E-state index contributed by atoms with van der Waals surface area (Å²) in [6.07, 6.45) is 0.